The summed E-state index contributed by atoms with van der Waals surface area (Å²) >= 11 is 0. The minimum atomic E-state index is -0.0461. The number of rotatable bonds is 4. The number of allylic oxidation sites excluding steroid dienone is 1. The second-order valence-electron chi connectivity index (χ2n) is 5.65. The average molecular weight is 295 g/mol. The van der Waals surface area contributed by atoms with Crippen molar-refractivity contribution in [3.63, 3.8) is 0 Å². The van der Waals surface area contributed by atoms with Crippen LogP contribution >= 0.6 is 0 Å². The smallest absolute Gasteiger partial charge is 0.161 e. The number of benzene rings is 2. The number of aromatic hydroxyl groups is 2. The molecule has 0 saturated carbocycles. The van der Waals surface area contributed by atoms with E-state index < -0.39 is 0 Å². The van der Waals surface area contributed by atoms with Gasteiger partial charge in [-0.05, 0) is 35.7 Å². The molecule has 3 nitrogen and oxygen atoms in total. The highest BCUT2D eigenvalue weighted by Gasteiger charge is 2.24. The molecule has 0 fully saturated rings. The lowest BCUT2D eigenvalue weighted by molar-refractivity contribution is 0.398. The number of hydrogen-bond acceptors (Lipinski definition) is 3. The summed E-state index contributed by atoms with van der Waals surface area (Å²) in [5, 5.41) is 23.4. The van der Waals surface area contributed by atoms with Crippen molar-refractivity contribution in [3.8, 4) is 11.5 Å². The first-order chi connectivity index (χ1) is 10.7. The van der Waals surface area contributed by atoms with Crippen LogP contribution in [0.25, 0.3) is 5.57 Å². The standard InChI is InChI=1S/C19H21NO2/c1-2-20-12-15-10-14(13-6-4-3-5-7-13)11-17-16(15)8-9-18(21)19(17)22/h3-10,14,20-22H,2,11-12H2,1H3. The van der Waals surface area contributed by atoms with Crippen LogP contribution in [0.2, 0.25) is 0 Å². The lowest BCUT2D eigenvalue weighted by Crippen LogP contribution is -2.19. The summed E-state index contributed by atoms with van der Waals surface area (Å²) in [5.41, 5.74) is 4.27. The monoisotopic (exact) mass is 295 g/mol. The number of fused-ring (bicyclic) bond motifs is 1. The van der Waals surface area contributed by atoms with E-state index in [0.717, 1.165) is 24.2 Å². The first-order valence-electron chi connectivity index (χ1n) is 7.71. The van der Waals surface area contributed by atoms with E-state index in [1.54, 1.807) is 6.07 Å². The zero-order valence-corrected chi connectivity index (χ0v) is 12.7. The molecular formula is C19H21NO2. The Morgan fingerprint density at radius 2 is 1.86 bits per heavy atom. The molecule has 1 aliphatic carbocycles. The van der Waals surface area contributed by atoms with E-state index in [9.17, 15) is 10.2 Å². The SMILES string of the molecule is CCNCC1=CC(c2ccccc2)Cc2c1ccc(O)c2O. The summed E-state index contributed by atoms with van der Waals surface area (Å²) in [6.07, 6.45) is 2.98. The van der Waals surface area contributed by atoms with Crippen molar-refractivity contribution in [1.82, 2.24) is 5.32 Å². The first kappa shape index (κ1) is 14.7. The lowest BCUT2D eigenvalue weighted by Gasteiger charge is -2.26. The van der Waals surface area contributed by atoms with Crippen LogP contribution in [0.4, 0.5) is 0 Å². The second kappa shape index (κ2) is 6.24. The van der Waals surface area contributed by atoms with Crippen LogP contribution in [0.1, 0.15) is 29.5 Å². The van der Waals surface area contributed by atoms with Crippen LogP contribution in [0.15, 0.2) is 48.5 Å². The molecular weight excluding hydrogens is 274 g/mol. The van der Waals surface area contributed by atoms with E-state index in [0.29, 0.717) is 6.42 Å². The van der Waals surface area contributed by atoms with Gasteiger partial charge >= 0.3 is 0 Å². The number of likely N-dealkylation sites (N-methyl/N-ethyl adjacent to an activating group) is 1. The van der Waals surface area contributed by atoms with Gasteiger partial charge in [-0.3, -0.25) is 0 Å². The third-order valence-corrected chi connectivity index (χ3v) is 4.23. The molecule has 0 saturated heterocycles. The van der Waals surface area contributed by atoms with Crippen molar-refractivity contribution in [2.75, 3.05) is 13.1 Å². The Morgan fingerprint density at radius 1 is 1.09 bits per heavy atom. The quantitative estimate of drug-likeness (QED) is 0.757. The Bertz CT molecular complexity index is 692. The molecule has 114 valence electrons. The van der Waals surface area contributed by atoms with Crippen molar-refractivity contribution in [2.45, 2.75) is 19.3 Å². The molecule has 0 aromatic heterocycles. The van der Waals surface area contributed by atoms with Crippen LogP contribution in [0.3, 0.4) is 0 Å². The number of phenols is 2. The fourth-order valence-electron chi connectivity index (χ4n) is 3.07. The van der Waals surface area contributed by atoms with Crippen LogP contribution in [-0.2, 0) is 6.42 Å². The Hall–Kier alpha value is -2.26. The number of nitrogens with one attached hydrogen (secondary N) is 1. The van der Waals surface area contributed by atoms with Gasteiger partial charge in [0.1, 0.15) is 0 Å². The molecule has 2 aromatic rings. The minimum Gasteiger partial charge on any atom is -0.504 e. The van der Waals surface area contributed by atoms with Gasteiger partial charge in [0.15, 0.2) is 11.5 Å². The maximum absolute atomic E-state index is 10.3. The third-order valence-electron chi connectivity index (χ3n) is 4.23. The first-order valence-corrected chi connectivity index (χ1v) is 7.71. The summed E-state index contributed by atoms with van der Waals surface area (Å²) in [6, 6.07) is 13.8. The van der Waals surface area contributed by atoms with Gasteiger partial charge in [0.05, 0.1) is 0 Å². The summed E-state index contributed by atoms with van der Waals surface area (Å²) in [5.74, 6) is 0.186. The largest absolute Gasteiger partial charge is 0.504 e. The van der Waals surface area contributed by atoms with E-state index in [2.05, 4.69) is 30.4 Å². The molecule has 0 spiro atoms. The van der Waals surface area contributed by atoms with Crippen molar-refractivity contribution in [2.24, 2.45) is 0 Å². The maximum atomic E-state index is 10.3. The molecule has 1 unspecified atom stereocenters. The predicted molar refractivity (Wildman–Crippen MR) is 89.2 cm³/mol. The summed E-state index contributed by atoms with van der Waals surface area (Å²) in [6.45, 7) is 3.73. The van der Waals surface area contributed by atoms with Gasteiger partial charge in [0.2, 0.25) is 0 Å². The van der Waals surface area contributed by atoms with Gasteiger partial charge in [0.25, 0.3) is 0 Å². The highest BCUT2D eigenvalue weighted by atomic mass is 16.3. The molecule has 3 heteroatoms. The Kier molecular flexibility index (Phi) is 4.16. The van der Waals surface area contributed by atoms with Gasteiger partial charge in [-0.2, -0.15) is 0 Å². The van der Waals surface area contributed by atoms with Crippen molar-refractivity contribution >= 4 is 5.57 Å². The molecule has 0 amide bonds. The molecule has 3 rings (SSSR count). The fourth-order valence-corrected chi connectivity index (χ4v) is 3.07. The van der Waals surface area contributed by atoms with Gasteiger partial charge < -0.3 is 15.5 Å². The van der Waals surface area contributed by atoms with Crippen LogP contribution in [-0.4, -0.2) is 23.3 Å². The van der Waals surface area contributed by atoms with E-state index >= 15 is 0 Å². The topological polar surface area (TPSA) is 52.5 Å². The van der Waals surface area contributed by atoms with Crippen molar-refractivity contribution in [1.29, 1.82) is 0 Å². The number of phenolic OH excluding ortho intramolecular Hbond substituents is 2. The van der Waals surface area contributed by atoms with Gasteiger partial charge in [0, 0.05) is 18.0 Å². The molecule has 0 bridgehead atoms. The molecule has 1 aliphatic rings. The molecule has 0 radical (unpaired) electrons. The summed E-state index contributed by atoms with van der Waals surface area (Å²) in [7, 11) is 0. The lowest BCUT2D eigenvalue weighted by atomic mass is 9.80. The molecule has 0 aliphatic heterocycles. The summed E-state index contributed by atoms with van der Waals surface area (Å²) < 4.78 is 0. The van der Waals surface area contributed by atoms with E-state index in [1.165, 1.54) is 11.1 Å². The van der Waals surface area contributed by atoms with Crippen molar-refractivity contribution in [3.05, 3.63) is 65.2 Å². The third kappa shape index (κ3) is 2.72. The molecule has 1 atom stereocenters. The Labute approximate surface area is 130 Å². The Morgan fingerprint density at radius 3 is 2.59 bits per heavy atom. The maximum Gasteiger partial charge on any atom is 0.161 e. The normalized spacial score (nSPS) is 17.0. The van der Waals surface area contributed by atoms with Crippen LogP contribution in [0, 0.1) is 0 Å². The van der Waals surface area contributed by atoms with Crippen LogP contribution < -0.4 is 5.32 Å². The highest BCUT2D eigenvalue weighted by molar-refractivity contribution is 5.76. The second-order valence-corrected chi connectivity index (χ2v) is 5.65. The van der Waals surface area contributed by atoms with E-state index in [4.69, 9.17) is 0 Å². The zero-order valence-electron chi connectivity index (χ0n) is 12.7. The van der Waals surface area contributed by atoms with Crippen LogP contribution in [0.5, 0.6) is 11.5 Å². The van der Waals surface area contributed by atoms with Gasteiger partial charge in [-0.1, -0.05) is 49.4 Å². The average Bonchev–Trinajstić information content (AvgIpc) is 2.56. The van der Waals surface area contributed by atoms with E-state index in [-0.39, 0.29) is 17.4 Å². The van der Waals surface area contributed by atoms with Crippen molar-refractivity contribution < 1.29 is 10.2 Å². The van der Waals surface area contributed by atoms with E-state index in [1.807, 2.05) is 24.3 Å². The summed E-state index contributed by atoms with van der Waals surface area (Å²) in [4.78, 5) is 0. The zero-order chi connectivity index (χ0) is 15.5. The minimum absolute atomic E-state index is 0.0144. The number of hydrogen-bond donors (Lipinski definition) is 3. The molecule has 22 heavy (non-hydrogen) atoms. The highest BCUT2D eigenvalue weighted by Crippen LogP contribution is 2.42. The van der Waals surface area contributed by atoms with Gasteiger partial charge in [-0.15, -0.1) is 0 Å². The Balaban J connectivity index is 2.05. The molecule has 2 aromatic carbocycles. The predicted octanol–water partition coefficient (Wildman–Crippen LogP) is 3.43. The molecule has 0 heterocycles. The molecule has 3 N–H and O–H groups in total. The van der Waals surface area contributed by atoms with Gasteiger partial charge in [-0.25, -0.2) is 0 Å². The fraction of sp³-hybridized carbons (Fsp3) is 0.263.